The van der Waals surface area contributed by atoms with E-state index in [1.807, 2.05) is 12.1 Å². The van der Waals surface area contributed by atoms with E-state index in [4.69, 9.17) is 19.3 Å². The fraction of sp³-hybridized carbons (Fsp3) is 0.240. The summed E-state index contributed by atoms with van der Waals surface area (Å²) >= 11 is 0. The van der Waals surface area contributed by atoms with Gasteiger partial charge in [0.25, 0.3) is 0 Å². The average molecular weight is 449 g/mol. The predicted molar refractivity (Wildman–Crippen MR) is 119 cm³/mol. The lowest BCUT2D eigenvalue weighted by molar-refractivity contribution is -0.140. The number of benzene rings is 2. The second-order valence-electron chi connectivity index (χ2n) is 7.57. The van der Waals surface area contributed by atoms with Crippen LogP contribution in [-0.4, -0.2) is 43.2 Å². The fourth-order valence-electron chi connectivity index (χ4n) is 4.26. The van der Waals surface area contributed by atoms with E-state index in [0.29, 0.717) is 39.4 Å². The van der Waals surface area contributed by atoms with Crippen molar-refractivity contribution in [3.05, 3.63) is 76.0 Å². The molecule has 2 N–H and O–H groups in total. The molecule has 0 spiro atoms. The molecule has 170 valence electrons. The molecule has 0 unspecified atom stereocenters. The van der Waals surface area contributed by atoms with Gasteiger partial charge in [0.1, 0.15) is 0 Å². The highest BCUT2D eigenvalue weighted by Crippen LogP contribution is 2.47. The molecule has 0 aromatic heterocycles. The standard InChI is InChI=1S/C25H23NO7/c1-4-32-25(30)20-13(2)26-23-15-7-5-6-8-16(15)24(29)22(23)21(20)14-9-10-17(18(11-14)31-3)33-12-19(27)28/h5-11,21,26H,4,12H2,1-3H3,(H,27,28)/t21-/m0/s1. The van der Waals surface area contributed by atoms with Crippen molar-refractivity contribution >= 4 is 23.4 Å². The molecule has 4 rings (SSSR count). The number of Topliss-reactive ketones (excluding diaryl/α,β-unsaturated/α-hetero) is 1. The van der Waals surface area contributed by atoms with Crippen LogP contribution in [-0.2, 0) is 14.3 Å². The van der Waals surface area contributed by atoms with E-state index < -0.39 is 24.5 Å². The van der Waals surface area contributed by atoms with Crippen LogP contribution in [0.1, 0.15) is 41.3 Å². The first-order chi connectivity index (χ1) is 15.9. The maximum atomic E-state index is 13.5. The van der Waals surface area contributed by atoms with Crippen molar-refractivity contribution in [2.75, 3.05) is 20.3 Å². The summed E-state index contributed by atoms with van der Waals surface area (Å²) in [6.45, 7) is 3.15. The summed E-state index contributed by atoms with van der Waals surface area (Å²) in [5, 5.41) is 12.2. The van der Waals surface area contributed by atoms with Crippen LogP contribution in [0, 0.1) is 0 Å². The van der Waals surface area contributed by atoms with Crippen molar-refractivity contribution in [3.63, 3.8) is 0 Å². The van der Waals surface area contributed by atoms with Gasteiger partial charge in [-0.3, -0.25) is 4.79 Å². The molecule has 2 aromatic rings. The van der Waals surface area contributed by atoms with Crippen LogP contribution in [0.25, 0.3) is 5.70 Å². The number of hydrogen-bond acceptors (Lipinski definition) is 7. The first-order valence-corrected chi connectivity index (χ1v) is 10.4. The molecule has 0 amide bonds. The number of hydrogen-bond donors (Lipinski definition) is 2. The Morgan fingerprint density at radius 2 is 1.82 bits per heavy atom. The van der Waals surface area contributed by atoms with Gasteiger partial charge in [-0.05, 0) is 31.5 Å². The van der Waals surface area contributed by atoms with E-state index in [1.165, 1.54) is 7.11 Å². The highest BCUT2D eigenvalue weighted by atomic mass is 16.5. The number of ketones is 1. The van der Waals surface area contributed by atoms with Gasteiger partial charge in [-0.2, -0.15) is 0 Å². The van der Waals surface area contributed by atoms with Crippen LogP contribution in [0.4, 0.5) is 0 Å². The summed E-state index contributed by atoms with van der Waals surface area (Å²) < 4.78 is 16.0. The van der Waals surface area contributed by atoms with Gasteiger partial charge < -0.3 is 24.6 Å². The molecule has 0 radical (unpaired) electrons. The maximum Gasteiger partial charge on any atom is 0.341 e. The smallest absolute Gasteiger partial charge is 0.341 e. The normalized spacial score (nSPS) is 16.7. The third-order valence-corrected chi connectivity index (χ3v) is 5.62. The number of rotatable bonds is 7. The zero-order chi connectivity index (χ0) is 23.7. The lowest BCUT2D eigenvalue weighted by Crippen LogP contribution is -2.29. The molecule has 33 heavy (non-hydrogen) atoms. The third kappa shape index (κ3) is 3.84. The zero-order valence-corrected chi connectivity index (χ0v) is 18.4. The number of carboxylic acids is 1. The quantitative estimate of drug-likeness (QED) is 0.620. The molecule has 2 aliphatic rings. The number of nitrogens with one attached hydrogen (secondary N) is 1. The Labute approximate surface area is 190 Å². The van der Waals surface area contributed by atoms with Crippen molar-refractivity contribution in [1.82, 2.24) is 5.32 Å². The van der Waals surface area contributed by atoms with E-state index in [2.05, 4.69) is 5.32 Å². The number of ether oxygens (including phenoxy) is 3. The van der Waals surface area contributed by atoms with Crippen molar-refractivity contribution < 1.29 is 33.7 Å². The van der Waals surface area contributed by atoms with Crippen LogP contribution in [0.15, 0.2) is 59.3 Å². The predicted octanol–water partition coefficient (Wildman–Crippen LogP) is 3.29. The SMILES string of the molecule is CCOC(=O)C1=C(C)NC2=C(C(=O)c3ccccc32)[C@H]1c1ccc(OCC(=O)O)c(OC)c1. The van der Waals surface area contributed by atoms with Gasteiger partial charge in [-0.1, -0.05) is 30.3 Å². The minimum absolute atomic E-state index is 0.169. The Kier molecular flexibility index (Phi) is 5.91. The second-order valence-corrected chi connectivity index (χ2v) is 7.57. The number of dihydropyridines is 1. The molecule has 1 heterocycles. The van der Waals surface area contributed by atoms with Gasteiger partial charge in [-0.25, -0.2) is 9.59 Å². The fourth-order valence-corrected chi connectivity index (χ4v) is 4.26. The molecule has 0 bridgehead atoms. The molecule has 2 aromatic carbocycles. The highest BCUT2D eigenvalue weighted by molar-refractivity contribution is 6.23. The molecule has 8 nitrogen and oxygen atoms in total. The van der Waals surface area contributed by atoms with Gasteiger partial charge in [0, 0.05) is 28.3 Å². The van der Waals surface area contributed by atoms with E-state index in [9.17, 15) is 14.4 Å². The number of aliphatic carboxylic acids is 1. The number of methoxy groups -OCH3 is 1. The summed E-state index contributed by atoms with van der Waals surface area (Å²) in [5.41, 5.74) is 3.99. The van der Waals surface area contributed by atoms with Crippen molar-refractivity contribution in [2.24, 2.45) is 0 Å². The first kappa shape index (κ1) is 22.1. The third-order valence-electron chi connectivity index (χ3n) is 5.62. The molecule has 8 heteroatoms. The van der Waals surface area contributed by atoms with Crippen LogP contribution < -0.4 is 14.8 Å². The summed E-state index contributed by atoms with van der Waals surface area (Å²) in [5.74, 6) is -1.98. The largest absolute Gasteiger partial charge is 0.493 e. The zero-order valence-electron chi connectivity index (χ0n) is 18.4. The summed E-state index contributed by atoms with van der Waals surface area (Å²) in [6.07, 6.45) is 0. The van der Waals surface area contributed by atoms with Crippen molar-refractivity contribution in [2.45, 2.75) is 19.8 Å². The molecule has 0 fully saturated rings. The number of esters is 1. The lowest BCUT2D eigenvalue weighted by atomic mass is 9.79. The Balaban J connectivity index is 1.86. The molecule has 1 atom stereocenters. The number of allylic oxidation sites excluding steroid dienone is 2. The Bertz CT molecular complexity index is 1230. The topological polar surface area (TPSA) is 111 Å². The van der Waals surface area contributed by atoms with E-state index in [-0.39, 0.29) is 18.1 Å². The Morgan fingerprint density at radius 1 is 1.09 bits per heavy atom. The van der Waals surface area contributed by atoms with Gasteiger partial charge in [0.05, 0.1) is 25.0 Å². The number of fused-ring (bicyclic) bond motifs is 2. The maximum absolute atomic E-state index is 13.5. The van der Waals surface area contributed by atoms with Gasteiger partial charge in [0.2, 0.25) is 0 Å². The van der Waals surface area contributed by atoms with Crippen molar-refractivity contribution in [1.29, 1.82) is 0 Å². The van der Waals surface area contributed by atoms with Gasteiger partial charge in [-0.15, -0.1) is 0 Å². The Hall–Kier alpha value is -4.07. The first-order valence-electron chi connectivity index (χ1n) is 10.4. The van der Waals surface area contributed by atoms with Crippen molar-refractivity contribution in [3.8, 4) is 11.5 Å². The summed E-state index contributed by atoms with van der Waals surface area (Å²) in [4.78, 5) is 37.3. The van der Waals surface area contributed by atoms with E-state index in [1.54, 1.807) is 44.2 Å². The minimum Gasteiger partial charge on any atom is -0.493 e. The van der Waals surface area contributed by atoms with E-state index in [0.717, 1.165) is 5.56 Å². The molecule has 0 saturated heterocycles. The molecular weight excluding hydrogens is 426 g/mol. The van der Waals surface area contributed by atoms with Crippen LogP contribution in [0.3, 0.4) is 0 Å². The van der Waals surface area contributed by atoms with Gasteiger partial charge in [0.15, 0.2) is 23.9 Å². The molecule has 0 saturated carbocycles. The number of carbonyl (C=O) groups is 3. The monoisotopic (exact) mass is 449 g/mol. The number of carboxylic acid groups (broad SMARTS) is 1. The molecule has 1 aliphatic heterocycles. The molecule has 1 aliphatic carbocycles. The molecular formula is C25H23NO7. The van der Waals surface area contributed by atoms with Crippen LogP contribution in [0.5, 0.6) is 11.5 Å². The van der Waals surface area contributed by atoms with Crippen LogP contribution in [0.2, 0.25) is 0 Å². The summed E-state index contributed by atoms with van der Waals surface area (Å²) in [7, 11) is 1.43. The summed E-state index contributed by atoms with van der Waals surface area (Å²) in [6, 6.07) is 12.2. The minimum atomic E-state index is -1.12. The van der Waals surface area contributed by atoms with Crippen LogP contribution >= 0.6 is 0 Å². The Morgan fingerprint density at radius 3 is 2.48 bits per heavy atom. The second kappa shape index (κ2) is 8.82. The van der Waals surface area contributed by atoms with E-state index >= 15 is 0 Å². The average Bonchev–Trinajstić information content (AvgIpc) is 3.08. The lowest BCUT2D eigenvalue weighted by Gasteiger charge is -2.29. The highest BCUT2D eigenvalue weighted by Gasteiger charge is 2.43. The number of carbonyl (C=O) groups excluding carboxylic acids is 2. The van der Waals surface area contributed by atoms with Gasteiger partial charge >= 0.3 is 11.9 Å².